The summed E-state index contributed by atoms with van der Waals surface area (Å²) in [6, 6.07) is 0. The van der Waals surface area contributed by atoms with Crippen molar-refractivity contribution in [1.29, 1.82) is 0 Å². The molecule has 2 aliphatic carbocycles. The summed E-state index contributed by atoms with van der Waals surface area (Å²) in [6.07, 6.45) is 12.7. The third-order valence-electron chi connectivity index (χ3n) is 5.92. The number of hydrogen-bond acceptors (Lipinski definition) is 4. The maximum absolute atomic E-state index is 11.9. The van der Waals surface area contributed by atoms with Crippen molar-refractivity contribution in [3.8, 4) is 0 Å². The van der Waals surface area contributed by atoms with Gasteiger partial charge in [0, 0.05) is 32.7 Å². The van der Waals surface area contributed by atoms with Gasteiger partial charge in [0.05, 0.1) is 0 Å². The summed E-state index contributed by atoms with van der Waals surface area (Å²) >= 11 is 0. The second-order valence-electron chi connectivity index (χ2n) is 8.16. The minimum Gasteiger partial charge on any atom is -0.462 e. The van der Waals surface area contributed by atoms with E-state index in [2.05, 4.69) is 17.6 Å². The first kappa shape index (κ1) is 22.0. The Morgan fingerprint density at radius 2 is 1.89 bits per heavy atom. The van der Waals surface area contributed by atoms with Gasteiger partial charge in [-0.1, -0.05) is 19.3 Å². The molecule has 0 saturated heterocycles. The number of guanidine groups is 1. The number of ether oxygens (including phenoxy) is 1. The van der Waals surface area contributed by atoms with Crippen molar-refractivity contribution in [1.82, 2.24) is 10.6 Å². The third kappa shape index (κ3) is 8.08. The lowest BCUT2D eigenvalue weighted by Crippen LogP contribution is -2.39. The molecule has 6 heteroatoms. The Bertz CT molecular complexity index is 450. The molecule has 2 saturated carbocycles. The van der Waals surface area contributed by atoms with Crippen LogP contribution in [0.1, 0.15) is 84.0 Å². The van der Waals surface area contributed by atoms with Crippen LogP contribution in [0.4, 0.5) is 0 Å². The summed E-state index contributed by atoms with van der Waals surface area (Å²) < 4.78 is 5.50. The van der Waals surface area contributed by atoms with Crippen LogP contribution in [0.3, 0.4) is 0 Å². The Labute approximate surface area is 164 Å². The van der Waals surface area contributed by atoms with E-state index in [9.17, 15) is 9.90 Å². The zero-order valence-electron chi connectivity index (χ0n) is 17.1. The minimum atomic E-state index is -0.0743. The molecule has 0 unspecified atom stereocenters. The number of carbonyl (C=O) groups excluding carboxylic acids is 1. The van der Waals surface area contributed by atoms with Crippen LogP contribution in [0.15, 0.2) is 4.99 Å². The number of aliphatic imine (C=N–C) groups is 1. The summed E-state index contributed by atoms with van der Waals surface area (Å²) in [4.78, 5) is 16.7. The van der Waals surface area contributed by atoms with Gasteiger partial charge in [0.2, 0.25) is 0 Å². The van der Waals surface area contributed by atoms with Crippen molar-refractivity contribution in [2.24, 2.45) is 10.4 Å². The molecule has 0 radical (unpaired) electrons. The van der Waals surface area contributed by atoms with E-state index in [1.54, 1.807) is 0 Å². The van der Waals surface area contributed by atoms with Crippen LogP contribution in [0, 0.1) is 5.41 Å². The predicted octanol–water partition coefficient (Wildman–Crippen LogP) is 3.14. The van der Waals surface area contributed by atoms with E-state index in [-0.39, 0.29) is 24.1 Å². The molecule has 6 nitrogen and oxygen atoms in total. The molecule has 2 aliphatic rings. The van der Waals surface area contributed by atoms with Gasteiger partial charge in [0.25, 0.3) is 0 Å². The molecule has 0 aromatic heterocycles. The summed E-state index contributed by atoms with van der Waals surface area (Å²) in [5, 5.41) is 16.1. The van der Waals surface area contributed by atoms with Crippen LogP contribution >= 0.6 is 0 Å². The van der Waals surface area contributed by atoms with E-state index in [1.807, 2.05) is 0 Å². The first-order valence-electron chi connectivity index (χ1n) is 11.0. The maximum Gasteiger partial charge on any atom is 0.306 e. The Hall–Kier alpha value is -1.30. The van der Waals surface area contributed by atoms with E-state index in [4.69, 9.17) is 9.73 Å². The van der Waals surface area contributed by atoms with Crippen molar-refractivity contribution >= 4 is 11.9 Å². The van der Waals surface area contributed by atoms with Crippen LogP contribution in [0.5, 0.6) is 0 Å². The zero-order chi connectivity index (χ0) is 19.4. The number of aliphatic hydroxyl groups is 1. The molecule has 2 rings (SSSR count). The Morgan fingerprint density at radius 1 is 1.15 bits per heavy atom. The zero-order valence-corrected chi connectivity index (χ0v) is 17.1. The van der Waals surface area contributed by atoms with Crippen LogP contribution in [0.2, 0.25) is 0 Å². The molecule has 0 bridgehead atoms. The fourth-order valence-electron chi connectivity index (χ4n) is 4.31. The van der Waals surface area contributed by atoms with Gasteiger partial charge in [-0.2, -0.15) is 0 Å². The molecule has 2 fully saturated rings. The van der Waals surface area contributed by atoms with Crippen LogP contribution in [0.25, 0.3) is 0 Å². The maximum atomic E-state index is 11.9. The predicted molar refractivity (Wildman–Crippen MR) is 109 cm³/mol. The molecule has 0 aromatic carbocycles. The van der Waals surface area contributed by atoms with Crippen molar-refractivity contribution in [3.05, 3.63) is 0 Å². The van der Waals surface area contributed by atoms with Gasteiger partial charge in [0.1, 0.15) is 6.10 Å². The lowest BCUT2D eigenvalue weighted by Gasteiger charge is -2.35. The van der Waals surface area contributed by atoms with Gasteiger partial charge in [-0.3, -0.25) is 9.79 Å². The second-order valence-corrected chi connectivity index (χ2v) is 8.16. The minimum absolute atomic E-state index is 0.0743. The summed E-state index contributed by atoms with van der Waals surface area (Å²) in [6.45, 7) is 4.57. The topological polar surface area (TPSA) is 83.0 Å². The molecule has 0 amide bonds. The van der Waals surface area contributed by atoms with Crippen molar-refractivity contribution in [2.45, 2.75) is 90.1 Å². The van der Waals surface area contributed by atoms with E-state index in [1.165, 1.54) is 32.1 Å². The Morgan fingerprint density at radius 3 is 2.56 bits per heavy atom. The number of nitrogens with one attached hydrogen (secondary N) is 2. The van der Waals surface area contributed by atoms with Gasteiger partial charge in [0.15, 0.2) is 5.96 Å². The van der Waals surface area contributed by atoms with Gasteiger partial charge >= 0.3 is 5.97 Å². The van der Waals surface area contributed by atoms with Gasteiger partial charge < -0.3 is 20.5 Å². The Kier molecular flexibility index (Phi) is 9.95. The average molecular weight is 382 g/mol. The molecule has 156 valence electrons. The first-order valence-corrected chi connectivity index (χ1v) is 11.0. The summed E-state index contributed by atoms with van der Waals surface area (Å²) in [5.74, 6) is 0.735. The van der Waals surface area contributed by atoms with E-state index < -0.39 is 0 Å². The molecular weight excluding hydrogens is 342 g/mol. The standard InChI is InChI=1S/C21H39N3O3/c1-2-22-20(24-17-21(14-16-25)12-6-3-7-13-21)23-15-8-11-19(26)27-18-9-4-5-10-18/h18,25H,2-17H2,1H3,(H2,22,23,24). The largest absolute Gasteiger partial charge is 0.462 e. The highest BCUT2D eigenvalue weighted by atomic mass is 16.5. The molecule has 0 atom stereocenters. The molecule has 0 spiro atoms. The second kappa shape index (κ2) is 12.2. The lowest BCUT2D eigenvalue weighted by molar-refractivity contribution is -0.148. The highest BCUT2D eigenvalue weighted by molar-refractivity contribution is 5.79. The molecular formula is C21H39N3O3. The molecule has 0 aliphatic heterocycles. The first-order chi connectivity index (χ1) is 13.2. The highest BCUT2D eigenvalue weighted by Gasteiger charge is 2.31. The summed E-state index contributed by atoms with van der Waals surface area (Å²) in [5.41, 5.74) is 0.153. The quantitative estimate of drug-likeness (QED) is 0.234. The summed E-state index contributed by atoms with van der Waals surface area (Å²) in [7, 11) is 0. The Balaban J connectivity index is 1.72. The van der Waals surface area contributed by atoms with Crippen molar-refractivity contribution in [2.75, 3.05) is 26.2 Å². The van der Waals surface area contributed by atoms with Gasteiger partial charge in [-0.05, 0) is 63.7 Å². The van der Waals surface area contributed by atoms with Crippen LogP contribution in [-0.4, -0.2) is 49.4 Å². The van der Waals surface area contributed by atoms with Crippen LogP contribution in [-0.2, 0) is 9.53 Å². The number of carbonyl (C=O) groups is 1. The third-order valence-corrected chi connectivity index (χ3v) is 5.92. The molecule has 0 heterocycles. The average Bonchev–Trinajstić information content (AvgIpc) is 3.17. The van der Waals surface area contributed by atoms with Crippen LogP contribution < -0.4 is 10.6 Å². The molecule has 3 N–H and O–H groups in total. The number of aliphatic hydroxyl groups excluding tert-OH is 1. The lowest BCUT2D eigenvalue weighted by atomic mass is 9.72. The SMILES string of the molecule is CCNC(=NCC1(CCO)CCCCC1)NCCCC(=O)OC1CCCC1. The molecule has 0 aromatic rings. The number of rotatable bonds is 10. The highest BCUT2D eigenvalue weighted by Crippen LogP contribution is 2.39. The monoisotopic (exact) mass is 381 g/mol. The van der Waals surface area contributed by atoms with Gasteiger partial charge in [-0.15, -0.1) is 0 Å². The fourth-order valence-corrected chi connectivity index (χ4v) is 4.31. The van der Waals surface area contributed by atoms with E-state index in [0.29, 0.717) is 13.0 Å². The van der Waals surface area contributed by atoms with Crippen molar-refractivity contribution < 1.29 is 14.6 Å². The van der Waals surface area contributed by atoms with E-state index in [0.717, 1.165) is 57.6 Å². The normalized spacial score (nSPS) is 20.4. The fraction of sp³-hybridized carbons (Fsp3) is 0.905. The van der Waals surface area contributed by atoms with Gasteiger partial charge in [-0.25, -0.2) is 0 Å². The number of hydrogen-bond donors (Lipinski definition) is 3. The number of nitrogens with zero attached hydrogens (tertiary/aromatic N) is 1. The molecule has 27 heavy (non-hydrogen) atoms. The van der Waals surface area contributed by atoms with E-state index >= 15 is 0 Å². The number of esters is 1. The smallest absolute Gasteiger partial charge is 0.306 e. The van der Waals surface area contributed by atoms with Crippen molar-refractivity contribution in [3.63, 3.8) is 0 Å².